The summed E-state index contributed by atoms with van der Waals surface area (Å²) in [6, 6.07) is 10.8. The molecule has 5 rings (SSSR count). The molecule has 4 N–H and O–H groups in total. The molecular weight excluding hydrogens is 550 g/mol. The molecule has 0 saturated carbocycles. The molecule has 0 amide bonds. The van der Waals surface area contributed by atoms with Crippen LogP contribution in [-0.4, -0.2) is 72.5 Å². The summed E-state index contributed by atoms with van der Waals surface area (Å²) < 4.78 is 12.9. The quantitative estimate of drug-likeness (QED) is 0.164. The Hall–Kier alpha value is -4.19. The van der Waals surface area contributed by atoms with Gasteiger partial charge in [0.2, 0.25) is 0 Å². The van der Waals surface area contributed by atoms with Gasteiger partial charge >= 0.3 is 5.97 Å². The lowest BCUT2D eigenvalue weighted by atomic mass is 9.94. The largest absolute Gasteiger partial charge is 0.507 e. The van der Waals surface area contributed by atoms with Crippen molar-refractivity contribution >= 4 is 22.8 Å². The molecular formula is C31H41N7O5. The van der Waals surface area contributed by atoms with Gasteiger partial charge < -0.3 is 30.1 Å². The Labute approximate surface area is 250 Å². The Bertz CT molecular complexity index is 1510. The van der Waals surface area contributed by atoms with E-state index >= 15 is 0 Å². The average Bonchev–Trinajstić information content (AvgIpc) is 3.58. The fourth-order valence-corrected chi connectivity index (χ4v) is 5.81. The van der Waals surface area contributed by atoms with Gasteiger partial charge in [-0.2, -0.15) is 5.10 Å². The standard InChI is InChI=1S/C31H41N7O5/c1-20(2)28(31(40)41)26-19-27(36-43-26)42-17-9-5-3-4-8-14-37-15-12-21(13-16-37)38-24-18-23(22-10-6-7-11-25(22)39)33-34-29(24)30(32)35-38/h6-7,10-11,18-21,28,39H,3-5,8-9,12-17H2,1-2H3,(H2,32,35)(H,40,41). The Morgan fingerprint density at radius 2 is 1.84 bits per heavy atom. The lowest BCUT2D eigenvalue weighted by Crippen LogP contribution is -2.35. The highest BCUT2D eigenvalue weighted by Gasteiger charge is 2.28. The number of nitrogen functional groups attached to an aromatic ring is 1. The van der Waals surface area contributed by atoms with Crippen LogP contribution >= 0.6 is 0 Å². The minimum Gasteiger partial charge on any atom is -0.507 e. The molecule has 1 atom stereocenters. The monoisotopic (exact) mass is 591 g/mol. The molecule has 12 heteroatoms. The van der Waals surface area contributed by atoms with Crippen molar-refractivity contribution in [3.63, 3.8) is 0 Å². The first-order chi connectivity index (χ1) is 20.8. The molecule has 1 saturated heterocycles. The molecule has 4 heterocycles. The second-order valence-corrected chi connectivity index (χ2v) is 11.6. The molecule has 4 aromatic rings. The number of ether oxygens (including phenoxy) is 1. The number of aromatic hydroxyl groups is 1. The van der Waals surface area contributed by atoms with Crippen LogP contribution in [0.2, 0.25) is 0 Å². The summed E-state index contributed by atoms with van der Waals surface area (Å²) in [5.41, 5.74) is 8.85. The molecule has 230 valence electrons. The SMILES string of the molecule is CC(C)C(C(=O)O)c1cc(OCCCCCCCN2CCC(n3nc(N)c4nnc(-c5ccccc5O)cc43)CC2)no1. The smallest absolute Gasteiger partial charge is 0.314 e. The van der Waals surface area contributed by atoms with E-state index < -0.39 is 11.9 Å². The second-order valence-electron chi connectivity index (χ2n) is 11.6. The highest BCUT2D eigenvalue weighted by Crippen LogP contribution is 2.33. The van der Waals surface area contributed by atoms with Crippen LogP contribution in [0.1, 0.15) is 76.5 Å². The predicted octanol–water partition coefficient (Wildman–Crippen LogP) is 5.26. The van der Waals surface area contributed by atoms with Crippen LogP contribution in [-0.2, 0) is 4.79 Å². The van der Waals surface area contributed by atoms with Crippen LogP contribution in [0.15, 0.2) is 40.9 Å². The van der Waals surface area contributed by atoms with Crippen molar-refractivity contribution in [2.45, 2.75) is 70.8 Å². The van der Waals surface area contributed by atoms with Crippen molar-refractivity contribution in [2.75, 3.05) is 32.0 Å². The number of phenols is 1. The van der Waals surface area contributed by atoms with Gasteiger partial charge in [0, 0.05) is 24.7 Å². The molecule has 43 heavy (non-hydrogen) atoms. The maximum Gasteiger partial charge on any atom is 0.314 e. The Balaban J connectivity index is 1.01. The number of fused-ring (bicyclic) bond motifs is 1. The fourth-order valence-electron chi connectivity index (χ4n) is 5.81. The number of nitrogens with two attached hydrogens (primary N) is 1. The number of phenolic OH excluding ortho intramolecular Hbond substituents is 1. The summed E-state index contributed by atoms with van der Waals surface area (Å²) in [6.07, 6.45) is 7.40. The van der Waals surface area contributed by atoms with E-state index in [-0.39, 0.29) is 17.7 Å². The fraction of sp³-hybridized carbons (Fsp3) is 0.516. The van der Waals surface area contributed by atoms with Crippen molar-refractivity contribution in [3.05, 3.63) is 42.2 Å². The third kappa shape index (κ3) is 7.24. The van der Waals surface area contributed by atoms with Crippen molar-refractivity contribution in [3.8, 4) is 22.9 Å². The summed E-state index contributed by atoms with van der Waals surface area (Å²) in [6.45, 7) is 7.30. The second kappa shape index (κ2) is 13.9. The first-order valence-corrected chi connectivity index (χ1v) is 15.2. The van der Waals surface area contributed by atoms with E-state index in [4.69, 9.17) is 15.0 Å². The van der Waals surface area contributed by atoms with Gasteiger partial charge in [0.05, 0.1) is 23.9 Å². The lowest BCUT2D eigenvalue weighted by molar-refractivity contribution is -0.140. The van der Waals surface area contributed by atoms with Crippen LogP contribution in [0.25, 0.3) is 22.3 Å². The normalized spacial score (nSPS) is 15.3. The number of aliphatic carboxylic acids is 1. The molecule has 1 aliphatic rings. The number of hydrogen-bond acceptors (Lipinski definition) is 10. The Kier molecular flexibility index (Phi) is 9.75. The summed E-state index contributed by atoms with van der Waals surface area (Å²) in [5, 5.41) is 36.8. The number of para-hydroxylation sites is 1. The van der Waals surface area contributed by atoms with E-state index in [1.807, 2.05) is 36.7 Å². The number of likely N-dealkylation sites (tertiary alicyclic amines) is 1. The summed E-state index contributed by atoms with van der Waals surface area (Å²) in [7, 11) is 0. The van der Waals surface area contributed by atoms with Crippen LogP contribution in [0.3, 0.4) is 0 Å². The number of rotatable bonds is 14. The molecule has 1 aliphatic heterocycles. The third-order valence-electron chi connectivity index (χ3n) is 8.18. The molecule has 0 spiro atoms. The number of anilines is 1. The summed E-state index contributed by atoms with van der Waals surface area (Å²) in [5.74, 6) is -0.523. The van der Waals surface area contributed by atoms with E-state index in [1.54, 1.807) is 18.2 Å². The topological polar surface area (TPSA) is 166 Å². The lowest BCUT2D eigenvalue weighted by Gasteiger charge is -2.32. The summed E-state index contributed by atoms with van der Waals surface area (Å²) in [4.78, 5) is 14.0. The molecule has 0 radical (unpaired) electrons. The molecule has 1 aromatic carbocycles. The highest BCUT2D eigenvalue weighted by atomic mass is 16.5. The van der Waals surface area contributed by atoms with Gasteiger partial charge in [-0.25, -0.2) is 0 Å². The van der Waals surface area contributed by atoms with Gasteiger partial charge in [0.15, 0.2) is 17.1 Å². The first-order valence-electron chi connectivity index (χ1n) is 15.2. The van der Waals surface area contributed by atoms with Crippen LogP contribution in [0.4, 0.5) is 5.82 Å². The zero-order chi connectivity index (χ0) is 30.3. The molecule has 0 aliphatic carbocycles. The Morgan fingerprint density at radius 1 is 1.09 bits per heavy atom. The van der Waals surface area contributed by atoms with E-state index in [9.17, 15) is 15.0 Å². The van der Waals surface area contributed by atoms with Crippen molar-refractivity contribution in [2.24, 2.45) is 5.92 Å². The number of carbonyl (C=O) groups is 1. The van der Waals surface area contributed by atoms with Gasteiger partial charge in [-0.15, -0.1) is 10.2 Å². The van der Waals surface area contributed by atoms with E-state index in [0.29, 0.717) is 40.8 Å². The molecule has 1 unspecified atom stereocenters. The van der Waals surface area contributed by atoms with Crippen molar-refractivity contribution in [1.29, 1.82) is 0 Å². The van der Waals surface area contributed by atoms with Gasteiger partial charge in [0.1, 0.15) is 11.7 Å². The molecule has 0 bridgehead atoms. The van der Waals surface area contributed by atoms with Crippen LogP contribution in [0.5, 0.6) is 11.6 Å². The van der Waals surface area contributed by atoms with Crippen molar-refractivity contribution < 1.29 is 24.3 Å². The molecule has 1 fully saturated rings. The maximum absolute atomic E-state index is 11.5. The maximum atomic E-state index is 11.5. The van der Waals surface area contributed by atoms with E-state index in [1.165, 1.54) is 0 Å². The number of carboxylic acids is 1. The Morgan fingerprint density at radius 3 is 2.58 bits per heavy atom. The number of unbranched alkanes of at least 4 members (excludes halogenated alkanes) is 4. The van der Waals surface area contributed by atoms with Gasteiger partial charge in [-0.05, 0) is 61.5 Å². The molecule has 12 nitrogen and oxygen atoms in total. The van der Waals surface area contributed by atoms with Gasteiger partial charge in [-0.3, -0.25) is 9.48 Å². The number of benzene rings is 1. The number of nitrogens with zero attached hydrogens (tertiary/aromatic N) is 6. The zero-order valence-corrected chi connectivity index (χ0v) is 24.9. The predicted molar refractivity (Wildman–Crippen MR) is 162 cm³/mol. The van der Waals surface area contributed by atoms with E-state index in [2.05, 4.69) is 25.4 Å². The van der Waals surface area contributed by atoms with Gasteiger partial charge in [0.25, 0.3) is 5.88 Å². The number of piperidine rings is 1. The number of hydrogen-bond donors (Lipinski definition) is 3. The highest BCUT2D eigenvalue weighted by molar-refractivity contribution is 5.87. The molecule has 3 aromatic heterocycles. The first kappa shape index (κ1) is 30.3. The van der Waals surface area contributed by atoms with Crippen molar-refractivity contribution in [1.82, 2.24) is 30.0 Å². The van der Waals surface area contributed by atoms with E-state index in [0.717, 1.165) is 70.1 Å². The minimum absolute atomic E-state index is 0.0956. The van der Waals surface area contributed by atoms with Crippen LogP contribution < -0.4 is 10.5 Å². The minimum atomic E-state index is -0.922. The summed E-state index contributed by atoms with van der Waals surface area (Å²) >= 11 is 0. The average molecular weight is 592 g/mol. The number of carboxylic acid groups (broad SMARTS) is 1. The zero-order valence-electron chi connectivity index (χ0n) is 24.9. The third-order valence-corrected chi connectivity index (χ3v) is 8.18. The van der Waals surface area contributed by atoms with Crippen LogP contribution in [0, 0.1) is 5.92 Å². The number of aromatic nitrogens is 5. The van der Waals surface area contributed by atoms with Gasteiger partial charge in [-0.1, -0.05) is 45.2 Å².